The molecule has 1 aromatic carbocycles. The van der Waals surface area contributed by atoms with Crippen LogP contribution in [0.25, 0.3) is 5.69 Å². The van der Waals surface area contributed by atoms with Crippen LogP contribution in [0.2, 0.25) is 0 Å². The molecule has 23 heavy (non-hydrogen) atoms. The van der Waals surface area contributed by atoms with Crippen LogP contribution in [0.5, 0.6) is 0 Å². The summed E-state index contributed by atoms with van der Waals surface area (Å²) in [5.74, 6) is 0.0570. The SMILES string of the molecule is CC(=O)c1c[nH]c(C(=O)Nc2nn(-c3ccccc3)cc2C)c1. The minimum atomic E-state index is -0.334. The smallest absolute Gasteiger partial charge is 0.273 e. The third kappa shape index (κ3) is 3.06. The Balaban J connectivity index is 1.81. The van der Waals surface area contributed by atoms with Crippen LogP contribution in [-0.2, 0) is 0 Å². The standard InChI is InChI=1S/C17H16N4O2/c1-11-10-21(14-6-4-3-5-7-14)20-16(11)19-17(23)15-8-13(9-18-15)12(2)22/h3-10,18H,1-2H3,(H,19,20,23). The maximum Gasteiger partial charge on any atom is 0.273 e. The first-order chi connectivity index (χ1) is 11.0. The van der Waals surface area contributed by atoms with Gasteiger partial charge in [-0.15, -0.1) is 5.10 Å². The number of aromatic amines is 1. The molecular formula is C17H16N4O2. The van der Waals surface area contributed by atoms with Gasteiger partial charge in [0.05, 0.1) is 5.69 Å². The fraction of sp³-hybridized carbons (Fsp3) is 0.118. The number of nitrogens with one attached hydrogen (secondary N) is 2. The summed E-state index contributed by atoms with van der Waals surface area (Å²) < 4.78 is 1.71. The molecule has 0 aliphatic heterocycles. The van der Waals surface area contributed by atoms with Crippen molar-refractivity contribution >= 4 is 17.5 Å². The number of aryl methyl sites for hydroxylation is 1. The second-order valence-corrected chi connectivity index (χ2v) is 5.25. The van der Waals surface area contributed by atoms with Crippen molar-refractivity contribution in [1.82, 2.24) is 14.8 Å². The van der Waals surface area contributed by atoms with Crippen LogP contribution in [0.15, 0.2) is 48.8 Å². The summed E-state index contributed by atoms with van der Waals surface area (Å²) in [5.41, 5.74) is 2.56. The molecule has 1 amide bonds. The van der Waals surface area contributed by atoms with Crippen molar-refractivity contribution in [3.05, 3.63) is 65.6 Å². The lowest BCUT2D eigenvalue weighted by Gasteiger charge is -2.01. The number of H-pyrrole nitrogens is 1. The molecule has 6 nitrogen and oxygen atoms in total. The van der Waals surface area contributed by atoms with E-state index >= 15 is 0 Å². The van der Waals surface area contributed by atoms with E-state index in [0.29, 0.717) is 17.1 Å². The summed E-state index contributed by atoms with van der Waals surface area (Å²) in [6.45, 7) is 3.33. The number of benzene rings is 1. The first kappa shape index (κ1) is 14.8. The fourth-order valence-electron chi connectivity index (χ4n) is 2.20. The van der Waals surface area contributed by atoms with Gasteiger partial charge in [-0.3, -0.25) is 9.59 Å². The monoisotopic (exact) mass is 308 g/mol. The number of para-hydroxylation sites is 1. The summed E-state index contributed by atoms with van der Waals surface area (Å²) in [6, 6.07) is 11.2. The van der Waals surface area contributed by atoms with Crippen LogP contribution < -0.4 is 5.32 Å². The normalized spacial score (nSPS) is 10.5. The van der Waals surface area contributed by atoms with Crippen LogP contribution in [0.4, 0.5) is 5.82 Å². The molecule has 0 saturated carbocycles. The highest BCUT2D eigenvalue weighted by atomic mass is 16.2. The van der Waals surface area contributed by atoms with Gasteiger partial charge >= 0.3 is 0 Å². The zero-order valence-electron chi connectivity index (χ0n) is 12.8. The number of hydrogen-bond acceptors (Lipinski definition) is 3. The lowest BCUT2D eigenvalue weighted by Crippen LogP contribution is -2.13. The Morgan fingerprint density at radius 3 is 2.61 bits per heavy atom. The summed E-state index contributed by atoms with van der Waals surface area (Å²) in [6.07, 6.45) is 3.37. The highest BCUT2D eigenvalue weighted by Crippen LogP contribution is 2.16. The zero-order valence-corrected chi connectivity index (χ0v) is 12.8. The molecule has 0 atom stereocenters. The van der Waals surface area contributed by atoms with Gasteiger partial charge in [0.1, 0.15) is 5.69 Å². The molecule has 0 radical (unpaired) electrons. The topological polar surface area (TPSA) is 79.8 Å². The second-order valence-electron chi connectivity index (χ2n) is 5.25. The number of aromatic nitrogens is 3. The number of anilines is 1. The van der Waals surface area contributed by atoms with Crippen LogP contribution in [0.1, 0.15) is 33.3 Å². The third-order valence-corrected chi connectivity index (χ3v) is 3.48. The van der Waals surface area contributed by atoms with E-state index in [0.717, 1.165) is 11.3 Å². The van der Waals surface area contributed by atoms with E-state index in [1.807, 2.05) is 43.5 Å². The average molecular weight is 308 g/mol. The Hall–Kier alpha value is -3.15. The largest absolute Gasteiger partial charge is 0.356 e. The van der Waals surface area contributed by atoms with Crippen molar-refractivity contribution in [2.75, 3.05) is 5.32 Å². The number of rotatable bonds is 4. The van der Waals surface area contributed by atoms with E-state index in [2.05, 4.69) is 15.4 Å². The molecule has 116 valence electrons. The molecule has 2 heterocycles. The molecule has 0 unspecified atom stereocenters. The number of nitrogens with zero attached hydrogens (tertiary/aromatic N) is 2. The van der Waals surface area contributed by atoms with E-state index in [1.54, 1.807) is 4.68 Å². The second kappa shape index (κ2) is 5.92. The molecule has 0 aliphatic carbocycles. The van der Waals surface area contributed by atoms with E-state index < -0.39 is 0 Å². The molecule has 0 aliphatic rings. The molecule has 6 heteroatoms. The van der Waals surface area contributed by atoms with Gasteiger partial charge in [-0.1, -0.05) is 18.2 Å². The first-order valence-corrected chi connectivity index (χ1v) is 7.17. The van der Waals surface area contributed by atoms with Crippen molar-refractivity contribution in [2.45, 2.75) is 13.8 Å². The van der Waals surface area contributed by atoms with Crippen LogP contribution in [0.3, 0.4) is 0 Å². The summed E-state index contributed by atoms with van der Waals surface area (Å²) in [7, 11) is 0. The summed E-state index contributed by atoms with van der Waals surface area (Å²) >= 11 is 0. The van der Waals surface area contributed by atoms with Crippen molar-refractivity contribution in [2.24, 2.45) is 0 Å². The number of Topliss-reactive ketones (excluding diaryl/α,β-unsaturated/α-hetero) is 1. The first-order valence-electron chi connectivity index (χ1n) is 7.17. The van der Waals surface area contributed by atoms with Crippen molar-refractivity contribution in [3.8, 4) is 5.69 Å². The number of carbonyl (C=O) groups is 2. The molecule has 3 aromatic rings. The number of carbonyl (C=O) groups excluding carboxylic acids is 2. The highest BCUT2D eigenvalue weighted by Gasteiger charge is 2.14. The summed E-state index contributed by atoms with van der Waals surface area (Å²) in [5, 5.41) is 7.15. The Bertz CT molecular complexity index is 862. The van der Waals surface area contributed by atoms with Gasteiger partial charge in [0.15, 0.2) is 11.6 Å². The van der Waals surface area contributed by atoms with Gasteiger partial charge in [-0.05, 0) is 32.0 Å². The fourth-order valence-corrected chi connectivity index (χ4v) is 2.20. The molecule has 2 N–H and O–H groups in total. The van der Waals surface area contributed by atoms with Gasteiger partial charge in [0.25, 0.3) is 5.91 Å². The zero-order chi connectivity index (χ0) is 16.4. The van der Waals surface area contributed by atoms with Crippen LogP contribution in [0, 0.1) is 6.92 Å². The van der Waals surface area contributed by atoms with Gasteiger partial charge < -0.3 is 10.3 Å². The van der Waals surface area contributed by atoms with Gasteiger partial charge in [-0.2, -0.15) is 0 Å². The lowest BCUT2D eigenvalue weighted by atomic mass is 10.2. The predicted octanol–water partition coefficient (Wildman–Crippen LogP) is 2.96. The van der Waals surface area contributed by atoms with Gasteiger partial charge in [-0.25, -0.2) is 4.68 Å². The van der Waals surface area contributed by atoms with Crippen molar-refractivity contribution in [1.29, 1.82) is 0 Å². The molecule has 0 fully saturated rings. The number of ketones is 1. The van der Waals surface area contributed by atoms with Gasteiger partial charge in [0, 0.05) is 23.5 Å². The number of amides is 1. The molecule has 0 saturated heterocycles. The number of hydrogen-bond donors (Lipinski definition) is 2. The molecule has 3 rings (SSSR count). The molecule has 0 bridgehead atoms. The molecular weight excluding hydrogens is 292 g/mol. The highest BCUT2D eigenvalue weighted by molar-refractivity contribution is 6.05. The van der Waals surface area contributed by atoms with E-state index in [9.17, 15) is 9.59 Å². The van der Waals surface area contributed by atoms with E-state index in [1.165, 1.54) is 19.2 Å². The van der Waals surface area contributed by atoms with Crippen molar-refractivity contribution in [3.63, 3.8) is 0 Å². The lowest BCUT2D eigenvalue weighted by molar-refractivity contribution is 0.101. The van der Waals surface area contributed by atoms with E-state index in [-0.39, 0.29) is 11.7 Å². The predicted molar refractivity (Wildman–Crippen MR) is 87.1 cm³/mol. The van der Waals surface area contributed by atoms with E-state index in [4.69, 9.17) is 0 Å². The summed E-state index contributed by atoms with van der Waals surface area (Å²) in [4.78, 5) is 26.3. The quantitative estimate of drug-likeness (QED) is 0.727. The minimum Gasteiger partial charge on any atom is -0.356 e. The van der Waals surface area contributed by atoms with Crippen LogP contribution in [-0.4, -0.2) is 26.5 Å². The minimum absolute atomic E-state index is 0.0927. The average Bonchev–Trinajstić information content (AvgIpc) is 3.16. The Kier molecular flexibility index (Phi) is 3.80. The Morgan fingerprint density at radius 1 is 1.22 bits per heavy atom. The Morgan fingerprint density at radius 2 is 1.96 bits per heavy atom. The third-order valence-electron chi connectivity index (χ3n) is 3.48. The van der Waals surface area contributed by atoms with Gasteiger partial charge in [0.2, 0.25) is 0 Å². The molecule has 0 spiro atoms. The Labute approximate surface area is 133 Å². The van der Waals surface area contributed by atoms with Crippen LogP contribution >= 0.6 is 0 Å². The maximum absolute atomic E-state index is 12.2. The molecule has 2 aromatic heterocycles. The van der Waals surface area contributed by atoms with Crippen molar-refractivity contribution < 1.29 is 9.59 Å². The maximum atomic E-state index is 12.2.